The highest BCUT2D eigenvalue weighted by Gasteiger charge is 2.31. The van der Waals surface area contributed by atoms with Crippen molar-refractivity contribution in [1.29, 1.82) is 0 Å². The molecule has 1 aliphatic carbocycles. The first-order chi connectivity index (χ1) is 6.79. The zero-order valence-corrected chi connectivity index (χ0v) is 9.46. The van der Waals surface area contributed by atoms with Crippen LogP contribution in [-0.4, -0.2) is 25.3 Å². The molecule has 0 aromatic rings. The summed E-state index contributed by atoms with van der Waals surface area (Å²) < 4.78 is 5.83. The fourth-order valence-corrected chi connectivity index (χ4v) is 2.58. The molecule has 2 fully saturated rings. The maximum Gasteiger partial charge on any atom is 0.0580 e. The summed E-state index contributed by atoms with van der Waals surface area (Å²) in [5.41, 5.74) is 0. The van der Waals surface area contributed by atoms with Crippen LogP contribution in [0.15, 0.2) is 0 Å². The van der Waals surface area contributed by atoms with Gasteiger partial charge in [0.05, 0.1) is 12.2 Å². The van der Waals surface area contributed by atoms with Crippen LogP contribution in [0, 0.1) is 5.92 Å². The molecular weight excluding hydrogens is 174 g/mol. The minimum absolute atomic E-state index is 0.508. The molecule has 3 unspecified atom stereocenters. The molecule has 0 spiro atoms. The van der Waals surface area contributed by atoms with Crippen LogP contribution in [0.3, 0.4) is 0 Å². The molecule has 1 heterocycles. The average molecular weight is 197 g/mol. The standard InChI is InChI=1S/C12H23NO/c1-9-3-6-11(14-9)7-8-12(13-2)10-4-5-10/h9-13H,3-8H2,1-2H3. The summed E-state index contributed by atoms with van der Waals surface area (Å²) in [5, 5.41) is 3.44. The lowest BCUT2D eigenvalue weighted by molar-refractivity contribution is 0.0478. The van der Waals surface area contributed by atoms with E-state index in [0.717, 1.165) is 12.0 Å². The molecule has 2 rings (SSSR count). The molecule has 2 aliphatic rings. The van der Waals surface area contributed by atoms with Gasteiger partial charge in [-0.15, -0.1) is 0 Å². The Kier molecular flexibility index (Phi) is 3.45. The summed E-state index contributed by atoms with van der Waals surface area (Å²) in [6, 6.07) is 0.759. The van der Waals surface area contributed by atoms with Gasteiger partial charge in [0.1, 0.15) is 0 Å². The highest BCUT2D eigenvalue weighted by Crippen LogP contribution is 2.35. The first kappa shape index (κ1) is 10.4. The first-order valence-corrected chi connectivity index (χ1v) is 6.12. The molecule has 0 radical (unpaired) electrons. The van der Waals surface area contributed by atoms with Crippen LogP contribution in [0.2, 0.25) is 0 Å². The smallest absolute Gasteiger partial charge is 0.0580 e. The second-order valence-electron chi connectivity index (χ2n) is 4.96. The van der Waals surface area contributed by atoms with Crippen molar-refractivity contribution < 1.29 is 4.74 Å². The van der Waals surface area contributed by atoms with Gasteiger partial charge in [0.15, 0.2) is 0 Å². The van der Waals surface area contributed by atoms with Gasteiger partial charge in [-0.1, -0.05) is 0 Å². The van der Waals surface area contributed by atoms with Crippen LogP contribution >= 0.6 is 0 Å². The Morgan fingerprint density at radius 2 is 2.07 bits per heavy atom. The molecule has 2 nitrogen and oxygen atoms in total. The first-order valence-electron chi connectivity index (χ1n) is 6.12. The summed E-state index contributed by atoms with van der Waals surface area (Å²) in [5.74, 6) is 0.971. The van der Waals surface area contributed by atoms with Gasteiger partial charge in [-0.05, 0) is 58.4 Å². The van der Waals surface area contributed by atoms with Crippen LogP contribution in [0.1, 0.15) is 45.4 Å². The Hall–Kier alpha value is -0.0800. The zero-order valence-electron chi connectivity index (χ0n) is 9.46. The lowest BCUT2D eigenvalue weighted by atomic mass is 10.0. The van der Waals surface area contributed by atoms with Gasteiger partial charge in [-0.25, -0.2) is 0 Å². The molecule has 0 aromatic carbocycles. The number of hydrogen-bond donors (Lipinski definition) is 1. The second kappa shape index (κ2) is 4.63. The summed E-state index contributed by atoms with van der Waals surface area (Å²) in [6.45, 7) is 2.19. The highest BCUT2D eigenvalue weighted by atomic mass is 16.5. The Morgan fingerprint density at radius 3 is 2.57 bits per heavy atom. The normalized spacial score (nSPS) is 34.7. The minimum atomic E-state index is 0.508. The lowest BCUT2D eigenvalue weighted by Crippen LogP contribution is -2.28. The summed E-state index contributed by atoms with van der Waals surface area (Å²) in [6.07, 6.45) is 9.04. The van der Waals surface area contributed by atoms with E-state index in [0.29, 0.717) is 12.2 Å². The monoisotopic (exact) mass is 197 g/mol. The molecule has 3 atom stereocenters. The molecule has 82 valence electrons. The molecule has 1 saturated heterocycles. The molecule has 2 heteroatoms. The SMILES string of the molecule is CNC(CCC1CCC(C)O1)C1CC1. The summed E-state index contributed by atoms with van der Waals surface area (Å²) >= 11 is 0. The predicted octanol–water partition coefficient (Wildman–Crippen LogP) is 2.33. The van der Waals surface area contributed by atoms with Crippen LogP contribution in [0.5, 0.6) is 0 Å². The van der Waals surface area contributed by atoms with Gasteiger partial charge in [0, 0.05) is 6.04 Å². The van der Waals surface area contributed by atoms with Gasteiger partial charge < -0.3 is 10.1 Å². The van der Waals surface area contributed by atoms with E-state index in [1.165, 1.54) is 38.5 Å². The topological polar surface area (TPSA) is 21.3 Å². The molecule has 14 heavy (non-hydrogen) atoms. The van der Waals surface area contributed by atoms with E-state index in [4.69, 9.17) is 4.74 Å². The van der Waals surface area contributed by atoms with Crippen LogP contribution in [0.25, 0.3) is 0 Å². The number of nitrogens with one attached hydrogen (secondary N) is 1. The predicted molar refractivity (Wildman–Crippen MR) is 58.4 cm³/mol. The maximum absolute atomic E-state index is 5.83. The largest absolute Gasteiger partial charge is 0.375 e. The highest BCUT2D eigenvalue weighted by molar-refractivity contribution is 4.86. The maximum atomic E-state index is 5.83. The lowest BCUT2D eigenvalue weighted by Gasteiger charge is -2.18. The van der Waals surface area contributed by atoms with Gasteiger partial charge >= 0.3 is 0 Å². The Labute approximate surface area is 87.4 Å². The van der Waals surface area contributed by atoms with E-state index in [1.54, 1.807) is 0 Å². The van der Waals surface area contributed by atoms with Crippen LogP contribution < -0.4 is 5.32 Å². The summed E-state index contributed by atoms with van der Waals surface area (Å²) in [7, 11) is 2.10. The zero-order chi connectivity index (χ0) is 9.97. The van der Waals surface area contributed by atoms with E-state index >= 15 is 0 Å². The average Bonchev–Trinajstić information content (AvgIpc) is 2.92. The fourth-order valence-electron chi connectivity index (χ4n) is 2.58. The summed E-state index contributed by atoms with van der Waals surface area (Å²) in [4.78, 5) is 0. The van der Waals surface area contributed by atoms with Gasteiger partial charge in [0.2, 0.25) is 0 Å². The van der Waals surface area contributed by atoms with Gasteiger partial charge in [-0.2, -0.15) is 0 Å². The quantitative estimate of drug-likeness (QED) is 0.730. The molecule has 1 aliphatic heterocycles. The van der Waals surface area contributed by atoms with E-state index in [1.807, 2.05) is 0 Å². The van der Waals surface area contributed by atoms with Crippen molar-refractivity contribution in [3.8, 4) is 0 Å². The Bertz CT molecular complexity index is 179. The van der Waals surface area contributed by atoms with E-state index in [2.05, 4.69) is 19.3 Å². The molecule has 1 N–H and O–H groups in total. The molecule has 1 saturated carbocycles. The molecule has 0 aromatic heterocycles. The third-order valence-electron chi connectivity index (χ3n) is 3.68. The number of rotatable bonds is 5. The number of ether oxygens (including phenoxy) is 1. The van der Waals surface area contributed by atoms with Crippen molar-refractivity contribution in [3.05, 3.63) is 0 Å². The van der Waals surface area contributed by atoms with Crippen LogP contribution in [0.4, 0.5) is 0 Å². The van der Waals surface area contributed by atoms with Crippen LogP contribution in [-0.2, 0) is 4.74 Å². The van der Waals surface area contributed by atoms with Crippen molar-refractivity contribution in [2.45, 2.75) is 63.7 Å². The fraction of sp³-hybridized carbons (Fsp3) is 1.00. The van der Waals surface area contributed by atoms with Gasteiger partial charge in [-0.3, -0.25) is 0 Å². The van der Waals surface area contributed by atoms with E-state index in [-0.39, 0.29) is 0 Å². The Morgan fingerprint density at radius 1 is 1.29 bits per heavy atom. The van der Waals surface area contributed by atoms with E-state index < -0.39 is 0 Å². The Balaban J connectivity index is 1.65. The van der Waals surface area contributed by atoms with Crippen molar-refractivity contribution in [2.24, 2.45) is 5.92 Å². The van der Waals surface area contributed by atoms with Gasteiger partial charge in [0.25, 0.3) is 0 Å². The number of hydrogen-bond acceptors (Lipinski definition) is 2. The van der Waals surface area contributed by atoms with Crippen molar-refractivity contribution in [3.63, 3.8) is 0 Å². The molecule has 0 bridgehead atoms. The molecular formula is C12H23NO. The van der Waals surface area contributed by atoms with E-state index in [9.17, 15) is 0 Å². The second-order valence-corrected chi connectivity index (χ2v) is 4.96. The molecule has 0 amide bonds. The van der Waals surface area contributed by atoms with Crippen molar-refractivity contribution >= 4 is 0 Å². The van der Waals surface area contributed by atoms with Crippen molar-refractivity contribution in [2.75, 3.05) is 7.05 Å². The van der Waals surface area contributed by atoms with Crippen molar-refractivity contribution in [1.82, 2.24) is 5.32 Å². The third-order valence-corrected chi connectivity index (χ3v) is 3.68. The minimum Gasteiger partial charge on any atom is -0.375 e. The third kappa shape index (κ3) is 2.71.